The Morgan fingerprint density at radius 3 is 2.29 bits per heavy atom. The Bertz CT molecular complexity index is 767. The maximum atomic E-state index is 4.63. The molecule has 3 aromatic rings. The zero-order chi connectivity index (χ0) is 14.7. The van der Waals surface area contributed by atoms with Crippen molar-refractivity contribution in [3.8, 4) is 5.69 Å². The Labute approximate surface area is 125 Å². The van der Waals surface area contributed by atoms with Crippen molar-refractivity contribution < 1.29 is 0 Å². The summed E-state index contributed by atoms with van der Waals surface area (Å²) in [6.45, 7) is 4.19. The van der Waals surface area contributed by atoms with E-state index in [2.05, 4.69) is 65.9 Å². The van der Waals surface area contributed by atoms with E-state index in [1.807, 2.05) is 30.5 Å². The molecule has 104 valence electrons. The minimum absolute atomic E-state index is 1.01. The molecule has 0 fully saturated rings. The number of aliphatic imine (C=N–C) groups is 1. The molecule has 0 N–H and O–H groups in total. The van der Waals surface area contributed by atoms with Gasteiger partial charge in [0, 0.05) is 11.4 Å². The van der Waals surface area contributed by atoms with Gasteiger partial charge in [0.15, 0.2) is 0 Å². The highest BCUT2D eigenvalue weighted by molar-refractivity contribution is 5.81. The first-order chi connectivity index (χ1) is 10.3. The molecule has 0 amide bonds. The molecule has 0 saturated carbocycles. The largest absolute Gasteiger partial charge is 0.313 e. The van der Waals surface area contributed by atoms with Crippen molar-refractivity contribution in [3.63, 3.8) is 0 Å². The van der Waals surface area contributed by atoms with Gasteiger partial charge >= 0.3 is 0 Å². The molecule has 1 heterocycles. The topological polar surface area (TPSA) is 17.3 Å². The highest BCUT2D eigenvalue weighted by atomic mass is 15.0. The normalized spacial score (nSPS) is 11.1. The molecule has 0 unspecified atom stereocenters. The van der Waals surface area contributed by atoms with Crippen molar-refractivity contribution in [3.05, 3.63) is 83.7 Å². The van der Waals surface area contributed by atoms with Gasteiger partial charge in [0.1, 0.15) is 0 Å². The zero-order valence-electron chi connectivity index (χ0n) is 12.3. The Morgan fingerprint density at radius 2 is 1.52 bits per heavy atom. The Morgan fingerprint density at radius 1 is 0.810 bits per heavy atom. The highest BCUT2D eigenvalue weighted by Gasteiger charge is 2.05. The Balaban J connectivity index is 2.00. The van der Waals surface area contributed by atoms with Gasteiger partial charge in [-0.2, -0.15) is 0 Å². The lowest BCUT2D eigenvalue weighted by Gasteiger charge is -2.09. The predicted octanol–water partition coefficient (Wildman–Crippen LogP) is 4.84. The zero-order valence-corrected chi connectivity index (χ0v) is 12.3. The summed E-state index contributed by atoms with van der Waals surface area (Å²) in [6.07, 6.45) is 1.93. The fraction of sp³-hybridized carbons (Fsp3) is 0.105. The second-order valence-electron chi connectivity index (χ2n) is 5.12. The van der Waals surface area contributed by atoms with Crippen LogP contribution >= 0.6 is 0 Å². The molecule has 0 bridgehead atoms. The summed E-state index contributed by atoms with van der Waals surface area (Å²) in [6, 6.07) is 22.7. The monoisotopic (exact) mass is 274 g/mol. The standard InChI is InChI=1S/C19H18N2/c1-15-8-6-7-11-19(15)20-14-18-13-12-16(2)21(18)17-9-4-3-5-10-17/h3-14H,1-2H3. The number of nitrogens with zero attached hydrogens (tertiary/aromatic N) is 2. The summed E-state index contributed by atoms with van der Waals surface area (Å²) >= 11 is 0. The van der Waals surface area contributed by atoms with Crippen LogP contribution in [0.1, 0.15) is 17.0 Å². The molecule has 21 heavy (non-hydrogen) atoms. The minimum atomic E-state index is 1.01. The Kier molecular flexibility index (Phi) is 3.69. The molecule has 0 saturated heterocycles. The van der Waals surface area contributed by atoms with Crippen molar-refractivity contribution in [1.29, 1.82) is 0 Å². The van der Waals surface area contributed by atoms with Crippen molar-refractivity contribution in [1.82, 2.24) is 4.57 Å². The molecule has 2 aromatic carbocycles. The average Bonchev–Trinajstić information content (AvgIpc) is 2.88. The van der Waals surface area contributed by atoms with Crippen molar-refractivity contribution >= 4 is 11.9 Å². The van der Waals surface area contributed by atoms with E-state index < -0.39 is 0 Å². The lowest BCUT2D eigenvalue weighted by atomic mass is 10.2. The molecular formula is C19H18N2. The van der Waals surface area contributed by atoms with Gasteiger partial charge in [-0.1, -0.05) is 36.4 Å². The fourth-order valence-electron chi connectivity index (χ4n) is 2.43. The van der Waals surface area contributed by atoms with Crippen LogP contribution in [0.3, 0.4) is 0 Å². The van der Waals surface area contributed by atoms with Crippen LogP contribution in [0.2, 0.25) is 0 Å². The maximum Gasteiger partial charge on any atom is 0.0659 e. The van der Waals surface area contributed by atoms with Crippen molar-refractivity contribution in [2.75, 3.05) is 0 Å². The van der Waals surface area contributed by atoms with Crippen LogP contribution in [-0.2, 0) is 0 Å². The van der Waals surface area contributed by atoms with Crippen LogP contribution in [0.25, 0.3) is 5.69 Å². The number of para-hydroxylation sites is 2. The molecular weight excluding hydrogens is 256 g/mol. The van der Waals surface area contributed by atoms with E-state index in [4.69, 9.17) is 0 Å². The van der Waals surface area contributed by atoms with Gasteiger partial charge in [-0.05, 0) is 49.7 Å². The molecule has 0 aliphatic rings. The first kappa shape index (κ1) is 13.4. The van der Waals surface area contributed by atoms with Gasteiger partial charge in [0.25, 0.3) is 0 Å². The highest BCUT2D eigenvalue weighted by Crippen LogP contribution is 2.19. The van der Waals surface area contributed by atoms with E-state index in [0.717, 1.165) is 17.1 Å². The number of benzene rings is 2. The maximum absolute atomic E-state index is 4.63. The van der Waals surface area contributed by atoms with Crippen LogP contribution in [0.15, 0.2) is 71.7 Å². The third-order valence-corrected chi connectivity index (χ3v) is 3.57. The molecule has 3 rings (SSSR count). The predicted molar refractivity (Wildman–Crippen MR) is 88.9 cm³/mol. The summed E-state index contributed by atoms with van der Waals surface area (Å²) in [5.41, 5.74) is 5.64. The molecule has 1 aromatic heterocycles. The van der Waals surface area contributed by atoms with E-state index in [1.54, 1.807) is 0 Å². The molecule has 0 radical (unpaired) electrons. The molecule has 0 aliphatic heterocycles. The molecule has 0 aliphatic carbocycles. The van der Waals surface area contributed by atoms with Crippen LogP contribution in [0.5, 0.6) is 0 Å². The second-order valence-corrected chi connectivity index (χ2v) is 5.12. The smallest absolute Gasteiger partial charge is 0.0659 e. The SMILES string of the molecule is Cc1ccccc1N=Cc1ccc(C)n1-c1ccccc1. The minimum Gasteiger partial charge on any atom is -0.313 e. The average molecular weight is 274 g/mol. The van der Waals surface area contributed by atoms with Gasteiger partial charge in [0.05, 0.1) is 17.6 Å². The van der Waals surface area contributed by atoms with Crippen LogP contribution < -0.4 is 0 Å². The van der Waals surface area contributed by atoms with Crippen LogP contribution in [0.4, 0.5) is 5.69 Å². The second kappa shape index (κ2) is 5.80. The van der Waals surface area contributed by atoms with E-state index in [9.17, 15) is 0 Å². The lowest BCUT2D eigenvalue weighted by Crippen LogP contribution is -2.00. The number of aryl methyl sites for hydroxylation is 2. The van der Waals surface area contributed by atoms with Gasteiger partial charge in [-0.15, -0.1) is 0 Å². The lowest BCUT2D eigenvalue weighted by molar-refractivity contribution is 1.01. The first-order valence-electron chi connectivity index (χ1n) is 7.09. The van der Waals surface area contributed by atoms with Gasteiger partial charge in [-0.3, -0.25) is 4.99 Å². The van der Waals surface area contributed by atoms with Crippen LogP contribution in [0, 0.1) is 13.8 Å². The van der Waals surface area contributed by atoms with Crippen molar-refractivity contribution in [2.45, 2.75) is 13.8 Å². The quantitative estimate of drug-likeness (QED) is 0.608. The van der Waals surface area contributed by atoms with E-state index >= 15 is 0 Å². The number of aromatic nitrogens is 1. The summed E-state index contributed by atoms with van der Waals surface area (Å²) < 4.78 is 2.21. The third-order valence-electron chi connectivity index (χ3n) is 3.57. The number of hydrogen-bond donors (Lipinski definition) is 0. The Hall–Kier alpha value is -2.61. The number of hydrogen-bond acceptors (Lipinski definition) is 1. The van der Waals surface area contributed by atoms with E-state index in [0.29, 0.717) is 0 Å². The van der Waals surface area contributed by atoms with Crippen molar-refractivity contribution in [2.24, 2.45) is 4.99 Å². The fourth-order valence-corrected chi connectivity index (χ4v) is 2.43. The molecule has 2 nitrogen and oxygen atoms in total. The summed E-state index contributed by atoms with van der Waals surface area (Å²) in [4.78, 5) is 4.63. The summed E-state index contributed by atoms with van der Waals surface area (Å²) in [5.74, 6) is 0. The van der Waals surface area contributed by atoms with Crippen LogP contribution in [-0.4, -0.2) is 10.8 Å². The summed E-state index contributed by atoms with van der Waals surface area (Å²) in [5, 5.41) is 0. The van der Waals surface area contributed by atoms with E-state index in [1.165, 1.54) is 11.3 Å². The number of rotatable bonds is 3. The molecule has 0 spiro atoms. The summed E-state index contributed by atoms with van der Waals surface area (Å²) in [7, 11) is 0. The molecule has 0 atom stereocenters. The van der Waals surface area contributed by atoms with Gasteiger partial charge in [0.2, 0.25) is 0 Å². The first-order valence-corrected chi connectivity index (χ1v) is 7.09. The van der Waals surface area contributed by atoms with Gasteiger partial charge in [-0.25, -0.2) is 0 Å². The molecule has 2 heteroatoms. The third kappa shape index (κ3) is 2.79. The van der Waals surface area contributed by atoms with E-state index in [-0.39, 0.29) is 0 Å². The van der Waals surface area contributed by atoms with Gasteiger partial charge < -0.3 is 4.57 Å².